The summed E-state index contributed by atoms with van der Waals surface area (Å²) in [5.74, 6) is 5.27. The smallest absolute Gasteiger partial charge is 0.303 e. The molecular formula is C55H82N2O10. The van der Waals surface area contributed by atoms with Crippen LogP contribution in [0.15, 0.2) is 65.8 Å². The van der Waals surface area contributed by atoms with Crippen LogP contribution in [-0.4, -0.2) is 119 Å². The van der Waals surface area contributed by atoms with E-state index in [2.05, 4.69) is 41.5 Å². The number of aliphatic carboxylic acids is 1. The lowest BCUT2D eigenvalue weighted by Crippen LogP contribution is -2.63. The van der Waals surface area contributed by atoms with E-state index in [1.54, 1.807) is 18.2 Å². The molecule has 11 atom stereocenters. The number of aliphatic hydroxyl groups is 7. The van der Waals surface area contributed by atoms with E-state index in [0.717, 1.165) is 66.4 Å². The molecule has 12 heteroatoms. The number of benzene rings is 2. The fraction of sp³-hybridized carbons (Fsp3) is 0.655. The third-order valence-electron chi connectivity index (χ3n) is 15.5. The van der Waals surface area contributed by atoms with Crippen LogP contribution in [0.3, 0.4) is 0 Å². The summed E-state index contributed by atoms with van der Waals surface area (Å²) in [6.07, 6.45) is 8.63. The summed E-state index contributed by atoms with van der Waals surface area (Å²) in [6.45, 7) is 7.25. The number of hydrogen-bond acceptors (Lipinski definition) is 11. The number of carbonyl (C=O) groups is 1. The molecule has 11 N–H and O–H groups in total. The molecule has 1 saturated heterocycles. The maximum Gasteiger partial charge on any atom is 0.303 e. The Labute approximate surface area is 399 Å². The van der Waals surface area contributed by atoms with Gasteiger partial charge in [0.2, 0.25) is 0 Å². The summed E-state index contributed by atoms with van der Waals surface area (Å²) in [6, 6.07) is 11.2. The fourth-order valence-corrected chi connectivity index (χ4v) is 11.4. The van der Waals surface area contributed by atoms with Gasteiger partial charge in [0.1, 0.15) is 5.75 Å². The maximum absolute atomic E-state index is 13.5. The van der Waals surface area contributed by atoms with Crippen molar-refractivity contribution in [2.75, 3.05) is 13.2 Å². The molecule has 1 aliphatic carbocycles. The highest BCUT2D eigenvalue weighted by atomic mass is 16.4. The summed E-state index contributed by atoms with van der Waals surface area (Å²) >= 11 is 0. The van der Waals surface area contributed by atoms with Gasteiger partial charge in [-0.05, 0) is 136 Å². The Hall–Kier alpha value is -3.61. The zero-order valence-corrected chi connectivity index (χ0v) is 40.5. The van der Waals surface area contributed by atoms with Gasteiger partial charge in [-0.2, -0.15) is 0 Å². The van der Waals surface area contributed by atoms with Crippen molar-refractivity contribution in [2.45, 2.75) is 203 Å². The van der Waals surface area contributed by atoms with Gasteiger partial charge in [0, 0.05) is 48.2 Å². The van der Waals surface area contributed by atoms with Gasteiger partial charge in [-0.25, -0.2) is 0 Å². The monoisotopic (exact) mass is 931 g/mol. The van der Waals surface area contributed by atoms with Gasteiger partial charge in [-0.15, -0.1) is 0 Å². The second kappa shape index (κ2) is 25.8. The predicted octanol–water partition coefficient (Wildman–Crippen LogP) is 6.11. The van der Waals surface area contributed by atoms with Crippen LogP contribution in [0.2, 0.25) is 0 Å². The van der Waals surface area contributed by atoms with Gasteiger partial charge in [0.15, 0.2) is 0 Å². The van der Waals surface area contributed by atoms with E-state index in [9.17, 15) is 50.8 Å². The topological polar surface area (TPSA) is 223 Å². The first kappa shape index (κ1) is 54.3. The average molecular weight is 931 g/mol. The number of aromatic hydroxyl groups is 1. The third-order valence-corrected chi connectivity index (χ3v) is 15.5. The summed E-state index contributed by atoms with van der Waals surface area (Å²) in [5, 5.41) is 108. The minimum absolute atomic E-state index is 0.0108. The van der Waals surface area contributed by atoms with E-state index >= 15 is 0 Å². The molecule has 2 fully saturated rings. The first-order valence-corrected chi connectivity index (χ1v) is 25.3. The van der Waals surface area contributed by atoms with Crippen molar-refractivity contribution in [1.29, 1.82) is 0 Å². The van der Waals surface area contributed by atoms with Crippen LogP contribution in [-0.2, 0) is 23.1 Å². The number of fused-ring (bicyclic) bond motifs is 1. The van der Waals surface area contributed by atoms with E-state index in [1.165, 1.54) is 0 Å². The number of allylic oxidation sites excluding steroid dienone is 2. The summed E-state index contributed by atoms with van der Waals surface area (Å²) in [7, 11) is 0. The molecule has 2 aromatic carbocycles. The minimum atomic E-state index is -1.47. The molecule has 3 aliphatic rings. The largest absolute Gasteiger partial charge is 0.508 e. The van der Waals surface area contributed by atoms with Gasteiger partial charge in [-0.1, -0.05) is 100 Å². The van der Waals surface area contributed by atoms with Gasteiger partial charge < -0.3 is 56.6 Å². The van der Waals surface area contributed by atoms with Crippen LogP contribution >= 0.6 is 0 Å². The van der Waals surface area contributed by atoms with Crippen LogP contribution < -0.4 is 10.6 Å². The van der Waals surface area contributed by atoms with E-state index in [1.807, 2.05) is 45.0 Å². The molecule has 0 bridgehead atoms. The molecule has 2 heterocycles. The highest BCUT2D eigenvalue weighted by Gasteiger charge is 2.53. The van der Waals surface area contributed by atoms with Gasteiger partial charge in [-0.3, -0.25) is 4.79 Å². The van der Waals surface area contributed by atoms with Crippen molar-refractivity contribution in [3.63, 3.8) is 0 Å². The lowest BCUT2D eigenvalue weighted by atomic mass is 9.57. The predicted molar refractivity (Wildman–Crippen MR) is 262 cm³/mol. The molecule has 0 aromatic heterocycles. The number of unbranched alkanes of at least 4 members (excludes halogenated alkanes) is 1. The van der Waals surface area contributed by atoms with Crippen molar-refractivity contribution in [1.82, 2.24) is 10.6 Å². The molecule has 0 amide bonds. The first-order valence-electron chi connectivity index (χ1n) is 25.3. The number of aryl methyl sites for hydroxylation is 2. The van der Waals surface area contributed by atoms with E-state index in [0.29, 0.717) is 50.5 Å². The number of nitrogens with one attached hydrogen (secondary N) is 2. The Morgan fingerprint density at radius 3 is 2.36 bits per heavy atom. The molecular weight excluding hydrogens is 849 g/mol. The molecule has 2 aliphatic heterocycles. The van der Waals surface area contributed by atoms with Crippen LogP contribution in [0, 0.1) is 23.7 Å². The second-order valence-electron chi connectivity index (χ2n) is 20.1. The molecule has 1 saturated carbocycles. The number of carboxylic acid groups (broad SMARTS) is 1. The van der Waals surface area contributed by atoms with Crippen LogP contribution in [0.25, 0.3) is 0 Å². The van der Waals surface area contributed by atoms with E-state index in [4.69, 9.17) is 0 Å². The van der Waals surface area contributed by atoms with Crippen molar-refractivity contribution in [3.8, 4) is 17.6 Å². The number of rotatable bonds is 20. The standard InChI is InChI=1S/C55H82N2O10/c1-5-7-16-48(62)49(63)28-22-39-21-20-38-14-11-13-37(6-2)44(38)15-12-17-51(54(4,67)55(30-9-8-10-31-55)41-23-25-42(60)26-24-41)57-47(45(39)32-43(61)35-59)27-29-50(64)53-46(33-52(65)66)40(34-58)19-18-36(3)56-53/h11,13-14,22-26,28,36,40,43,46-51,53,56-64,67H,5-10,16-21,27,29-35H2,1-4H3,(H,65,66)/b28-22+,45-39+/t36-,40-,43-,46+,47-,48-,49+,50-,51+,53-,54+/m0/s1. The maximum atomic E-state index is 13.5. The number of carboxylic acids is 1. The zero-order chi connectivity index (χ0) is 48.7. The number of phenols is 1. The van der Waals surface area contributed by atoms with E-state index in [-0.39, 0.29) is 56.4 Å². The second-order valence-corrected chi connectivity index (χ2v) is 20.1. The number of phenolic OH excluding ortho intramolecular Hbond substituents is 1. The molecule has 12 nitrogen and oxygen atoms in total. The Morgan fingerprint density at radius 1 is 0.970 bits per heavy atom. The highest BCUT2D eigenvalue weighted by molar-refractivity contribution is 5.67. The quantitative estimate of drug-likeness (QED) is 0.0678. The van der Waals surface area contributed by atoms with Gasteiger partial charge >= 0.3 is 5.97 Å². The van der Waals surface area contributed by atoms with Gasteiger partial charge in [0.25, 0.3) is 0 Å². The Bertz CT molecular complexity index is 1980. The number of aliphatic hydroxyl groups excluding tert-OH is 6. The molecule has 0 radical (unpaired) electrons. The molecule has 0 unspecified atom stereocenters. The van der Waals surface area contributed by atoms with Crippen LogP contribution in [0.1, 0.15) is 153 Å². The molecule has 2 aromatic rings. The van der Waals surface area contributed by atoms with Gasteiger partial charge in [0.05, 0.1) is 43.0 Å². The van der Waals surface area contributed by atoms with Crippen molar-refractivity contribution in [2.24, 2.45) is 11.8 Å². The zero-order valence-electron chi connectivity index (χ0n) is 40.5. The third kappa shape index (κ3) is 14.0. The average Bonchev–Trinajstić information content (AvgIpc) is 3.47. The van der Waals surface area contributed by atoms with Crippen molar-refractivity contribution < 1.29 is 50.8 Å². The summed E-state index contributed by atoms with van der Waals surface area (Å²) < 4.78 is 0. The van der Waals surface area contributed by atoms with Crippen LogP contribution in [0.4, 0.5) is 0 Å². The molecule has 0 spiro atoms. The molecule has 67 heavy (non-hydrogen) atoms. The highest BCUT2D eigenvalue weighted by Crippen LogP contribution is 2.50. The van der Waals surface area contributed by atoms with E-state index < -0.39 is 72.1 Å². The lowest BCUT2D eigenvalue weighted by Gasteiger charge is -2.52. The van der Waals surface area contributed by atoms with Crippen molar-refractivity contribution in [3.05, 3.63) is 88.0 Å². The first-order chi connectivity index (χ1) is 32.1. The minimum Gasteiger partial charge on any atom is -0.508 e. The normalized spacial score (nSPS) is 27.7. The number of hydrogen-bond donors (Lipinski definition) is 11. The molecule has 5 rings (SSSR count). The summed E-state index contributed by atoms with van der Waals surface area (Å²) in [5.41, 5.74) is 3.19. The lowest BCUT2D eigenvalue weighted by molar-refractivity contribution is -0.139. The summed E-state index contributed by atoms with van der Waals surface area (Å²) in [4.78, 5) is 12.3. The molecule has 372 valence electrons. The Kier molecular flexibility index (Phi) is 21.0. The Balaban J connectivity index is 1.74. The SMILES string of the molecule is CCCC[C@H](O)[C@H](O)/C=C/C1=C(\C[C@H](O)CO)[C@H](CC[C@H](O)[C@H]2N[C@@H](C)CC[C@@H](CO)[C@H]2CC(=O)O)N[C@@H]([C@@](C)(O)C2(c3ccc(O)cc3)CCCCC2)CC#Cc2c(CC)cccc2CC1. The van der Waals surface area contributed by atoms with Crippen LogP contribution in [0.5, 0.6) is 5.75 Å². The van der Waals surface area contributed by atoms with Crippen molar-refractivity contribution >= 4 is 5.97 Å². The Morgan fingerprint density at radius 2 is 1.70 bits per heavy atom. The fourth-order valence-electron chi connectivity index (χ4n) is 11.4.